The molecule has 0 amide bonds. The molecule has 3 rings (SSSR count). The minimum Gasteiger partial charge on any atom is -0.508 e. The molecule has 2 N–H and O–H groups in total. The second kappa shape index (κ2) is 5.58. The molecule has 1 aliphatic heterocycles. The van der Waals surface area contributed by atoms with Crippen LogP contribution in [0.1, 0.15) is 43.0 Å². The van der Waals surface area contributed by atoms with Gasteiger partial charge in [-0.05, 0) is 32.4 Å². The van der Waals surface area contributed by atoms with E-state index in [1.807, 2.05) is 18.2 Å². The normalized spacial score (nSPS) is 20.5. The van der Waals surface area contributed by atoms with Crippen molar-refractivity contribution in [3.8, 4) is 5.75 Å². The molecule has 3 nitrogen and oxygen atoms in total. The van der Waals surface area contributed by atoms with Gasteiger partial charge >= 0.3 is 0 Å². The molecule has 114 valence electrons. The summed E-state index contributed by atoms with van der Waals surface area (Å²) in [6.07, 6.45) is 0.768. The molecule has 0 radical (unpaired) electrons. The minimum absolute atomic E-state index is 0.0602. The quantitative estimate of drug-likeness (QED) is 0.880. The van der Waals surface area contributed by atoms with Crippen LogP contribution in [0.25, 0.3) is 0 Å². The van der Waals surface area contributed by atoms with Crippen LogP contribution in [0.2, 0.25) is 0 Å². The van der Waals surface area contributed by atoms with E-state index in [9.17, 15) is 5.11 Å². The monoisotopic (exact) mass is 294 g/mol. The van der Waals surface area contributed by atoms with Crippen molar-refractivity contribution >= 4 is 5.71 Å². The number of hydrogen-bond acceptors (Lipinski definition) is 3. The summed E-state index contributed by atoms with van der Waals surface area (Å²) in [6, 6.07) is 16.1. The molecular formula is C19H22N2O. The maximum absolute atomic E-state index is 10.1. The number of rotatable bonds is 2. The van der Waals surface area contributed by atoms with E-state index >= 15 is 0 Å². The average Bonchev–Trinajstić information content (AvgIpc) is 2.46. The van der Waals surface area contributed by atoms with Crippen LogP contribution >= 0.6 is 0 Å². The molecule has 1 aliphatic rings. The van der Waals surface area contributed by atoms with Gasteiger partial charge in [-0.2, -0.15) is 0 Å². The fraction of sp³-hybridized carbons (Fsp3) is 0.316. The Balaban J connectivity index is 1.97. The van der Waals surface area contributed by atoms with Crippen molar-refractivity contribution in [2.75, 3.05) is 0 Å². The Bertz CT molecular complexity index is 702. The van der Waals surface area contributed by atoms with Gasteiger partial charge < -0.3 is 5.11 Å². The van der Waals surface area contributed by atoms with Gasteiger partial charge in [0.1, 0.15) is 11.4 Å². The molecule has 0 unspecified atom stereocenters. The van der Waals surface area contributed by atoms with Gasteiger partial charge in [0, 0.05) is 23.7 Å². The minimum atomic E-state index is -0.356. The first-order chi connectivity index (χ1) is 10.4. The molecule has 2 aromatic carbocycles. The summed E-state index contributed by atoms with van der Waals surface area (Å²) < 4.78 is 0. The number of aryl methyl sites for hydroxylation is 1. The summed E-state index contributed by atoms with van der Waals surface area (Å²) in [6.45, 7) is 6.21. The zero-order chi connectivity index (χ0) is 15.7. The second-order valence-electron chi connectivity index (χ2n) is 6.44. The van der Waals surface area contributed by atoms with Crippen molar-refractivity contribution in [1.29, 1.82) is 0 Å². The molecule has 0 saturated heterocycles. The van der Waals surface area contributed by atoms with Crippen LogP contribution in [-0.2, 0) is 0 Å². The summed E-state index contributed by atoms with van der Waals surface area (Å²) in [5, 5.41) is 13.7. The Kier molecular flexibility index (Phi) is 3.75. The van der Waals surface area contributed by atoms with Gasteiger partial charge in [0.05, 0.1) is 0 Å². The predicted octanol–water partition coefficient (Wildman–Crippen LogP) is 3.96. The first kappa shape index (κ1) is 14.8. The standard InChI is InChI=1S/C19H22N2O/c1-13-8-10-14(11-9-13)16-12-17(21-19(2,3)20-16)15-6-4-5-7-18(15)22/h4-11,17,21-22H,12H2,1-3H3/t17-/m0/s1. The number of para-hydroxylation sites is 1. The molecule has 22 heavy (non-hydrogen) atoms. The highest BCUT2D eigenvalue weighted by Crippen LogP contribution is 2.32. The summed E-state index contributed by atoms with van der Waals surface area (Å²) in [7, 11) is 0. The van der Waals surface area contributed by atoms with Gasteiger partial charge in [0.15, 0.2) is 0 Å². The maximum Gasteiger partial charge on any atom is 0.120 e. The fourth-order valence-electron chi connectivity index (χ4n) is 2.98. The third-order valence-electron chi connectivity index (χ3n) is 4.04. The molecule has 0 fully saturated rings. The molecule has 2 aromatic rings. The third-order valence-corrected chi connectivity index (χ3v) is 4.04. The topological polar surface area (TPSA) is 44.6 Å². The Hall–Kier alpha value is -2.13. The lowest BCUT2D eigenvalue weighted by molar-refractivity contribution is 0.328. The number of aliphatic imine (C=N–C) groups is 1. The third kappa shape index (κ3) is 3.04. The van der Waals surface area contributed by atoms with Crippen LogP contribution in [0.3, 0.4) is 0 Å². The van der Waals surface area contributed by atoms with Gasteiger partial charge in [-0.3, -0.25) is 10.3 Å². The van der Waals surface area contributed by atoms with Gasteiger partial charge in [-0.25, -0.2) is 0 Å². The van der Waals surface area contributed by atoms with E-state index in [1.54, 1.807) is 6.07 Å². The number of benzene rings is 2. The van der Waals surface area contributed by atoms with E-state index in [0.717, 1.165) is 23.3 Å². The fourth-order valence-corrected chi connectivity index (χ4v) is 2.98. The summed E-state index contributed by atoms with van der Waals surface area (Å²) in [5.74, 6) is 0.334. The van der Waals surface area contributed by atoms with E-state index < -0.39 is 0 Å². The summed E-state index contributed by atoms with van der Waals surface area (Å²) >= 11 is 0. The molecule has 3 heteroatoms. The zero-order valence-electron chi connectivity index (χ0n) is 13.3. The Labute approximate surface area is 131 Å². The van der Waals surface area contributed by atoms with Crippen LogP contribution in [0, 0.1) is 6.92 Å². The van der Waals surface area contributed by atoms with Crippen molar-refractivity contribution < 1.29 is 5.11 Å². The SMILES string of the molecule is Cc1ccc(C2=NC(C)(C)N[C@H](c3ccccc3O)C2)cc1. The van der Waals surface area contributed by atoms with Crippen LogP contribution < -0.4 is 5.32 Å². The van der Waals surface area contributed by atoms with E-state index in [0.29, 0.717) is 5.75 Å². The Morgan fingerprint density at radius 1 is 1.09 bits per heavy atom. The highest BCUT2D eigenvalue weighted by molar-refractivity contribution is 6.01. The number of hydrogen-bond donors (Lipinski definition) is 2. The number of phenolic OH excluding ortho intramolecular Hbond substituents is 1. The predicted molar refractivity (Wildman–Crippen MR) is 90.4 cm³/mol. The molecule has 0 aliphatic carbocycles. The summed E-state index contributed by atoms with van der Waals surface area (Å²) in [4.78, 5) is 4.84. The van der Waals surface area contributed by atoms with Crippen LogP contribution in [0.4, 0.5) is 0 Å². The van der Waals surface area contributed by atoms with Crippen molar-refractivity contribution in [3.63, 3.8) is 0 Å². The van der Waals surface area contributed by atoms with E-state index in [1.165, 1.54) is 5.56 Å². The van der Waals surface area contributed by atoms with Crippen LogP contribution in [0.15, 0.2) is 53.5 Å². The number of nitrogens with zero attached hydrogens (tertiary/aromatic N) is 1. The smallest absolute Gasteiger partial charge is 0.120 e. The Morgan fingerprint density at radius 2 is 1.77 bits per heavy atom. The van der Waals surface area contributed by atoms with Crippen molar-refractivity contribution in [2.24, 2.45) is 4.99 Å². The van der Waals surface area contributed by atoms with Crippen LogP contribution in [-0.4, -0.2) is 16.5 Å². The number of aromatic hydroxyl groups is 1. The largest absolute Gasteiger partial charge is 0.508 e. The zero-order valence-corrected chi connectivity index (χ0v) is 13.3. The van der Waals surface area contributed by atoms with Gasteiger partial charge in [-0.1, -0.05) is 48.0 Å². The van der Waals surface area contributed by atoms with E-state index in [2.05, 4.69) is 50.4 Å². The van der Waals surface area contributed by atoms with Gasteiger partial charge in [0.2, 0.25) is 0 Å². The maximum atomic E-state index is 10.1. The number of phenols is 1. The molecule has 1 heterocycles. The first-order valence-corrected chi connectivity index (χ1v) is 7.66. The van der Waals surface area contributed by atoms with E-state index in [4.69, 9.17) is 4.99 Å². The molecule has 0 spiro atoms. The van der Waals surface area contributed by atoms with Crippen molar-refractivity contribution in [3.05, 3.63) is 65.2 Å². The van der Waals surface area contributed by atoms with Crippen LogP contribution in [0.5, 0.6) is 5.75 Å². The highest BCUT2D eigenvalue weighted by Gasteiger charge is 2.30. The van der Waals surface area contributed by atoms with Crippen molar-refractivity contribution in [2.45, 2.75) is 38.9 Å². The van der Waals surface area contributed by atoms with E-state index in [-0.39, 0.29) is 11.7 Å². The lowest BCUT2D eigenvalue weighted by Crippen LogP contribution is -2.45. The lowest BCUT2D eigenvalue weighted by atomic mass is 9.92. The molecular weight excluding hydrogens is 272 g/mol. The number of nitrogens with one attached hydrogen (secondary N) is 1. The van der Waals surface area contributed by atoms with Gasteiger partial charge in [-0.15, -0.1) is 0 Å². The molecule has 0 bridgehead atoms. The second-order valence-corrected chi connectivity index (χ2v) is 6.44. The molecule has 0 aromatic heterocycles. The Morgan fingerprint density at radius 3 is 2.45 bits per heavy atom. The summed E-state index contributed by atoms with van der Waals surface area (Å²) in [5.41, 5.74) is 4.05. The first-order valence-electron chi connectivity index (χ1n) is 7.66. The van der Waals surface area contributed by atoms with Gasteiger partial charge in [0.25, 0.3) is 0 Å². The van der Waals surface area contributed by atoms with Crippen molar-refractivity contribution in [1.82, 2.24) is 5.32 Å². The molecule has 0 saturated carbocycles. The lowest BCUT2D eigenvalue weighted by Gasteiger charge is -2.35. The molecule has 1 atom stereocenters. The average molecular weight is 294 g/mol. The highest BCUT2D eigenvalue weighted by atomic mass is 16.3.